The number of Topliss-reactive ketones (excluding diaryl/α,β-unsaturated/α-hetero) is 1. The first-order chi connectivity index (χ1) is 9.53. The predicted octanol–water partition coefficient (Wildman–Crippen LogP) is 5.32. The fourth-order valence-electron chi connectivity index (χ4n) is 3.34. The van der Waals surface area contributed by atoms with Gasteiger partial charge in [0.2, 0.25) is 0 Å². The first kappa shape index (κ1) is 14.5. The van der Waals surface area contributed by atoms with E-state index in [1.165, 1.54) is 6.42 Å². The fourth-order valence-corrected chi connectivity index (χ4v) is 4.24. The number of rotatable bonds is 2. The Bertz CT molecular complexity index is 527. The van der Waals surface area contributed by atoms with Crippen molar-refractivity contribution in [2.75, 3.05) is 0 Å². The van der Waals surface area contributed by atoms with Gasteiger partial charge in [-0.25, -0.2) is 0 Å². The maximum absolute atomic E-state index is 12.1. The lowest BCUT2D eigenvalue weighted by atomic mass is 9.57. The standard InChI is InChI=1S/C15H15Cl3O2/c16-9-6-10(17)14(11(18)7-9)20-13-8-12(19)15(13)4-2-1-3-5-15/h6-7,13H,1-5,8H2. The van der Waals surface area contributed by atoms with E-state index in [2.05, 4.69) is 0 Å². The largest absolute Gasteiger partial charge is 0.486 e. The molecule has 1 spiro atoms. The van der Waals surface area contributed by atoms with Gasteiger partial charge in [-0.15, -0.1) is 0 Å². The van der Waals surface area contributed by atoms with Gasteiger partial charge in [-0.3, -0.25) is 4.79 Å². The highest BCUT2D eigenvalue weighted by atomic mass is 35.5. The molecule has 2 fully saturated rings. The molecule has 2 saturated carbocycles. The summed E-state index contributed by atoms with van der Waals surface area (Å²) in [4.78, 5) is 12.1. The minimum Gasteiger partial charge on any atom is -0.486 e. The smallest absolute Gasteiger partial charge is 0.157 e. The molecule has 1 unspecified atom stereocenters. The lowest BCUT2D eigenvalue weighted by Gasteiger charge is -2.49. The van der Waals surface area contributed by atoms with Crippen LogP contribution < -0.4 is 4.74 Å². The summed E-state index contributed by atoms with van der Waals surface area (Å²) in [5, 5.41) is 1.27. The average Bonchev–Trinajstić information content (AvgIpc) is 2.42. The Balaban J connectivity index is 1.83. The van der Waals surface area contributed by atoms with Crippen LogP contribution >= 0.6 is 34.8 Å². The third kappa shape index (κ3) is 2.32. The van der Waals surface area contributed by atoms with Crippen LogP contribution in [0.2, 0.25) is 15.1 Å². The summed E-state index contributed by atoms with van der Waals surface area (Å²) in [5.41, 5.74) is -0.301. The van der Waals surface area contributed by atoms with Gasteiger partial charge in [0.05, 0.1) is 15.5 Å². The van der Waals surface area contributed by atoms with Gasteiger partial charge in [-0.1, -0.05) is 54.1 Å². The zero-order chi connectivity index (χ0) is 14.3. The Hall–Kier alpha value is -0.440. The Morgan fingerprint density at radius 2 is 1.65 bits per heavy atom. The zero-order valence-corrected chi connectivity index (χ0v) is 13.2. The third-order valence-electron chi connectivity index (χ3n) is 4.51. The molecule has 20 heavy (non-hydrogen) atoms. The van der Waals surface area contributed by atoms with Crippen LogP contribution in [0.4, 0.5) is 0 Å². The van der Waals surface area contributed by atoms with Crippen LogP contribution in [0.25, 0.3) is 0 Å². The highest BCUT2D eigenvalue weighted by molar-refractivity contribution is 6.40. The van der Waals surface area contributed by atoms with E-state index in [9.17, 15) is 4.79 Å². The molecule has 1 atom stereocenters. The lowest BCUT2D eigenvalue weighted by molar-refractivity contribution is -0.156. The lowest BCUT2D eigenvalue weighted by Crippen LogP contribution is -2.57. The Morgan fingerprint density at radius 3 is 2.20 bits per heavy atom. The van der Waals surface area contributed by atoms with Gasteiger partial charge in [-0.05, 0) is 25.0 Å². The average molecular weight is 334 g/mol. The number of carbonyl (C=O) groups excluding carboxylic acids is 1. The second kappa shape index (κ2) is 5.40. The molecule has 0 aliphatic heterocycles. The first-order valence-electron chi connectivity index (χ1n) is 6.87. The van der Waals surface area contributed by atoms with Crippen molar-refractivity contribution in [1.82, 2.24) is 0 Å². The quantitative estimate of drug-likeness (QED) is 0.732. The summed E-state index contributed by atoms with van der Waals surface area (Å²) in [5.74, 6) is 0.767. The SMILES string of the molecule is O=C1CC(Oc2c(Cl)cc(Cl)cc2Cl)C12CCCCC2. The van der Waals surface area contributed by atoms with Crippen LogP contribution in [0.1, 0.15) is 38.5 Å². The van der Waals surface area contributed by atoms with E-state index < -0.39 is 0 Å². The van der Waals surface area contributed by atoms with Crippen molar-refractivity contribution in [2.24, 2.45) is 5.41 Å². The van der Waals surface area contributed by atoms with Crippen molar-refractivity contribution in [3.63, 3.8) is 0 Å². The number of hydrogen-bond acceptors (Lipinski definition) is 2. The summed E-state index contributed by atoms with van der Waals surface area (Å²) >= 11 is 18.2. The van der Waals surface area contributed by atoms with Gasteiger partial charge < -0.3 is 4.74 Å². The molecule has 108 valence electrons. The normalized spacial score (nSPS) is 24.6. The molecule has 2 nitrogen and oxygen atoms in total. The summed E-state index contributed by atoms with van der Waals surface area (Å²) in [6, 6.07) is 3.22. The Labute approximate surface area is 133 Å². The van der Waals surface area contributed by atoms with Crippen LogP contribution in [0, 0.1) is 5.41 Å². The highest BCUT2D eigenvalue weighted by Crippen LogP contribution is 2.51. The van der Waals surface area contributed by atoms with Gasteiger partial charge in [0, 0.05) is 11.4 Å². The van der Waals surface area contributed by atoms with E-state index in [1.807, 2.05) is 0 Å². The number of ketones is 1. The molecular formula is C15H15Cl3O2. The van der Waals surface area contributed by atoms with Crippen LogP contribution in [0.3, 0.4) is 0 Å². The van der Waals surface area contributed by atoms with Gasteiger partial charge in [0.15, 0.2) is 5.75 Å². The summed E-state index contributed by atoms with van der Waals surface area (Å²) in [7, 11) is 0. The summed E-state index contributed by atoms with van der Waals surface area (Å²) in [6.07, 6.45) is 5.56. The Kier molecular flexibility index (Phi) is 3.91. The Morgan fingerprint density at radius 1 is 1.05 bits per heavy atom. The van der Waals surface area contributed by atoms with Gasteiger partial charge >= 0.3 is 0 Å². The van der Waals surface area contributed by atoms with Crippen molar-refractivity contribution in [2.45, 2.75) is 44.6 Å². The molecule has 5 heteroatoms. The number of carbonyl (C=O) groups is 1. The van der Waals surface area contributed by atoms with Crippen molar-refractivity contribution < 1.29 is 9.53 Å². The predicted molar refractivity (Wildman–Crippen MR) is 81.0 cm³/mol. The van der Waals surface area contributed by atoms with Crippen molar-refractivity contribution >= 4 is 40.6 Å². The number of ether oxygens (including phenoxy) is 1. The molecule has 2 aliphatic carbocycles. The minimum atomic E-state index is -0.301. The molecule has 0 bridgehead atoms. The molecule has 1 aromatic rings. The van der Waals surface area contributed by atoms with Crippen molar-refractivity contribution in [3.8, 4) is 5.75 Å². The summed E-state index contributed by atoms with van der Waals surface area (Å²) in [6.45, 7) is 0. The van der Waals surface area contributed by atoms with Crippen molar-refractivity contribution in [3.05, 3.63) is 27.2 Å². The van der Waals surface area contributed by atoms with Crippen LogP contribution in [-0.4, -0.2) is 11.9 Å². The molecule has 0 amide bonds. The van der Waals surface area contributed by atoms with E-state index in [1.54, 1.807) is 12.1 Å². The van der Waals surface area contributed by atoms with E-state index in [0.29, 0.717) is 33.0 Å². The second-order valence-corrected chi connectivity index (χ2v) is 6.90. The van der Waals surface area contributed by atoms with E-state index in [0.717, 1.165) is 25.7 Å². The van der Waals surface area contributed by atoms with Gasteiger partial charge in [-0.2, -0.15) is 0 Å². The number of hydrogen-bond donors (Lipinski definition) is 0. The van der Waals surface area contributed by atoms with Gasteiger partial charge in [0.1, 0.15) is 11.9 Å². The van der Waals surface area contributed by atoms with Crippen LogP contribution in [0.15, 0.2) is 12.1 Å². The minimum absolute atomic E-state index is 0.105. The third-order valence-corrected chi connectivity index (χ3v) is 5.29. The fraction of sp³-hybridized carbons (Fsp3) is 0.533. The number of halogens is 3. The molecular weight excluding hydrogens is 319 g/mol. The van der Waals surface area contributed by atoms with Crippen LogP contribution in [0.5, 0.6) is 5.75 Å². The van der Waals surface area contributed by atoms with E-state index >= 15 is 0 Å². The molecule has 0 saturated heterocycles. The molecule has 3 rings (SSSR count). The zero-order valence-electron chi connectivity index (χ0n) is 10.9. The maximum atomic E-state index is 12.1. The topological polar surface area (TPSA) is 26.3 Å². The monoisotopic (exact) mass is 332 g/mol. The molecule has 2 aliphatic rings. The highest BCUT2D eigenvalue weighted by Gasteiger charge is 2.56. The first-order valence-corrected chi connectivity index (χ1v) is 8.01. The molecule has 0 heterocycles. The van der Waals surface area contributed by atoms with Gasteiger partial charge in [0.25, 0.3) is 0 Å². The van der Waals surface area contributed by atoms with Crippen LogP contribution in [-0.2, 0) is 4.79 Å². The molecule has 0 aromatic heterocycles. The molecule has 1 aromatic carbocycles. The summed E-state index contributed by atoms with van der Waals surface area (Å²) < 4.78 is 5.99. The van der Waals surface area contributed by atoms with E-state index in [4.69, 9.17) is 39.5 Å². The molecule has 0 radical (unpaired) electrons. The van der Waals surface area contributed by atoms with Crippen molar-refractivity contribution in [1.29, 1.82) is 0 Å². The number of benzene rings is 1. The molecule has 0 N–H and O–H groups in total. The second-order valence-electron chi connectivity index (χ2n) is 5.65. The van der Waals surface area contributed by atoms with E-state index in [-0.39, 0.29) is 11.5 Å². The maximum Gasteiger partial charge on any atom is 0.157 e.